The van der Waals surface area contributed by atoms with Crippen molar-refractivity contribution in [1.82, 2.24) is 28.1 Å². The average Bonchev–Trinajstić information content (AvgIpc) is 4.07. The molecule has 0 amide bonds. The van der Waals surface area contributed by atoms with Gasteiger partial charge in [-0.05, 0) is 97.5 Å². The number of rotatable bonds is 18. The van der Waals surface area contributed by atoms with E-state index < -0.39 is 20.0 Å². The number of aryl methyl sites for hydroxylation is 2. The molecule has 1 fully saturated rings. The number of ether oxygens (including phenoxy) is 5. The summed E-state index contributed by atoms with van der Waals surface area (Å²) >= 11 is 0. The third-order valence-electron chi connectivity index (χ3n) is 10.4. The zero-order valence-corrected chi connectivity index (χ0v) is 37.5. The molecule has 0 saturated carbocycles. The summed E-state index contributed by atoms with van der Waals surface area (Å²) in [5, 5.41) is 0.122. The fourth-order valence-electron chi connectivity index (χ4n) is 6.79. The Morgan fingerprint density at radius 2 is 1.05 bits per heavy atom. The van der Waals surface area contributed by atoms with Gasteiger partial charge >= 0.3 is 0 Å². The molecule has 0 bridgehead atoms. The van der Waals surface area contributed by atoms with Crippen LogP contribution in [-0.2, 0) is 57.5 Å². The fraction of sp³-hybridized carbons (Fsp3) is 0.333. The Hall–Kier alpha value is -5.72. The van der Waals surface area contributed by atoms with Crippen molar-refractivity contribution >= 4 is 20.0 Å². The van der Waals surface area contributed by atoms with Crippen molar-refractivity contribution in [3.8, 4) is 23.0 Å². The highest BCUT2D eigenvalue weighted by molar-refractivity contribution is 7.89. The standard InChI is InChI=1S/C25H31N3O5S.C20H23N3O4S/c1-19-26-25(18-27(19)17-24-5-4-14-33-24)34(29,30)28(15-20-6-10-22(31-2)11-7-20)16-21-8-12-23(32-3)13-9-21;1-15-21-12-20(22-15)28(24,25)23(13-16-4-8-18(26-2)9-5-16)14-17-6-10-19(27-3)11-7-17/h6-13,18,24H,4-5,14-17H2,1-3H3;4-12H,13-14H2,1-3H3,(H,21,22). The molecule has 15 nitrogen and oxygen atoms in total. The maximum Gasteiger partial charge on any atom is 0.262 e. The summed E-state index contributed by atoms with van der Waals surface area (Å²) in [5.74, 6) is 4.08. The first-order valence-electron chi connectivity index (χ1n) is 20.0. The van der Waals surface area contributed by atoms with E-state index in [1.54, 1.807) is 41.6 Å². The van der Waals surface area contributed by atoms with Crippen LogP contribution < -0.4 is 18.9 Å². The van der Waals surface area contributed by atoms with Gasteiger partial charge < -0.3 is 33.2 Å². The normalized spacial score (nSPS) is 14.1. The van der Waals surface area contributed by atoms with Gasteiger partial charge in [-0.1, -0.05) is 48.5 Å². The van der Waals surface area contributed by atoms with E-state index in [4.69, 9.17) is 23.7 Å². The Morgan fingerprint density at radius 3 is 1.39 bits per heavy atom. The molecule has 3 heterocycles. The topological polar surface area (TPSA) is 167 Å². The predicted molar refractivity (Wildman–Crippen MR) is 234 cm³/mol. The van der Waals surface area contributed by atoms with E-state index in [1.807, 2.05) is 109 Å². The molecule has 17 heteroatoms. The van der Waals surface area contributed by atoms with Crippen molar-refractivity contribution in [1.29, 1.82) is 0 Å². The molecule has 62 heavy (non-hydrogen) atoms. The van der Waals surface area contributed by atoms with Gasteiger partial charge in [0.05, 0.1) is 47.3 Å². The highest BCUT2D eigenvalue weighted by atomic mass is 32.2. The summed E-state index contributed by atoms with van der Waals surface area (Å²) in [6, 6.07) is 29.5. The lowest BCUT2D eigenvalue weighted by molar-refractivity contribution is 0.0964. The lowest BCUT2D eigenvalue weighted by Crippen LogP contribution is -2.30. The van der Waals surface area contributed by atoms with E-state index in [2.05, 4.69) is 15.0 Å². The number of H-pyrrole nitrogens is 1. The largest absolute Gasteiger partial charge is 0.497 e. The van der Waals surface area contributed by atoms with Crippen molar-refractivity contribution in [2.75, 3.05) is 35.0 Å². The number of sulfonamides is 2. The smallest absolute Gasteiger partial charge is 0.262 e. The molecule has 0 spiro atoms. The first-order valence-corrected chi connectivity index (χ1v) is 22.9. The number of nitrogens with one attached hydrogen (secondary N) is 1. The minimum Gasteiger partial charge on any atom is -0.497 e. The van der Waals surface area contributed by atoms with Gasteiger partial charge in [0.2, 0.25) is 0 Å². The summed E-state index contributed by atoms with van der Waals surface area (Å²) in [5.41, 5.74) is 3.42. The number of imidazole rings is 2. The lowest BCUT2D eigenvalue weighted by Gasteiger charge is -2.22. The van der Waals surface area contributed by atoms with Gasteiger partial charge in [-0.25, -0.2) is 26.8 Å². The number of hydrogen-bond acceptors (Lipinski definition) is 11. The van der Waals surface area contributed by atoms with E-state index in [-0.39, 0.29) is 42.3 Å². The van der Waals surface area contributed by atoms with Crippen molar-refractivity contribution in [2.24, 2.45) is 0 Å². The summed E-state index contributed by atoms with van der Waals surface area (Å²) in [4.78, 5) is 11.3. The highest BCUT2D eigenvalue weighted by Gasteiger charge is 2.30. The van der Waals surface area contributed by atoms with E-state index in [9.17, 15) is 16.8 Å². The molecule has 2 aromatic heterocycles. The van der Waals surface area contributed by atoms with Gasteiger partial charge in [-0.15, -0.1) is 0 Å². The number of aromatic amines is 1. The molecule has 1 saturated heterocycles. The molecule has 1 unspecified atom stereocenters. The molecule has 7 rings (SSSR count). The van der Waals surface area contributed by atoms with E-state index in [1.165, 1.54) is 14.8 Å². The Kier molecular flexibility index (Phi) is 15.4. The van der Waals surface area contributed by atoms with Gasteiger partial charge in [-0.3, -0.25) is 0 Å². The molecule has 4 aromatic carbocycles. The van der Waals surface area contributed by atoms with Crippen LogP contribution in [0.15, 0.2) is 120 Å². The fourth-order valence-corrected chi connectivity index (χ4v) is 9.58. The van der Waals surface area contributed by atoms with Crippen LogP contribution >= 0.6 is 0 Å². The quantitative estimate of drug-likeness (QED) is 0.0954. The van der Waals surface area contributed by atoms with Crippen LogP contribution in [0.4, 0.5) is 0 Å². The SMILES string of the molecule is COc1ccc(CN(Cc2ccc(OC)cc2)S(=O)(=O)c2cn(CC3CCCO3)c(C)n2)cc1.COc1ccc(CN(Cc2ccc(OC)cc2)S(=O)(=O)c2cnc(C)[nH]2)cc1. The molecule has 1 aliphatic rings. The summed E-state index contributed by atoms with van der Waals surface area (Å²) in [7, 11) is -1.23. The van der Waals surface area contributed by atoms with Gasteiger partial charge in [-0.2, -0.15) is 8.61 Å². The van der Waals surface area contributed by atoms with Gasteiger partial charge in [0.25, 0.3) is 20.0 Å². The lowest BCUT2D eigenvalue weighted by atomic mass is 10.2. The molecular weight excluding hydrogens is 833 g/mol. The molecule has 1 atom stereocenters. The molecule has 6 aromatic rings. The highest BCUT2D eigenvalue weighted by Crippen LogP contribution is 2.26. The Bertz CT molecular complexity index is 2460. The second-order valence-electron chi connectivity index (χ2n) is 14.7. The molecule has 0 radical (unpaired) electrons. The van der Waals surface area contributed by atoms with Crippen LogP contribution in [0.5, 0.6) is 23.0 Å². The maximum atomic E-state index is 13.8. The van der Waals surface area contributed by atoms with E-state index in [0.717, 1.165) is 64.7 Å². The number of aromatic nitrogens is 4. The molecule has 1 N–H and O–H groups in total. The molecule has 1 aliphatic heterocycles. The molecular formula is C45H54N6O9S2. The first-order chi connectivity index (χ1) is 29.8. The number of benzene rings is 4. The summed E-state index contributed by atoms with van der Waals surface area (Å²) < 4.78 is 85.2. The van der Waals surface area contributed by atoms with Crippen LogP contribution in [0.1, 0.15) is 46.7 Å². The van der Waals surface area contributed by atoms with E-state index >= 15 is 0 Å². The van der Waals surface area contributed by atoms with Crippen LogP contribution in [0.2, 0.25) is 0 Å². The van der Waals surface area contributed by atoms with Crippen LogP contribution in [0, 0.1) is 13.8 Å². The van der Waals surface area contributed by atoms with Gasteiger partial charge in [0, 0.05) is 39.0 Å². The molecule has 330 valence electrons. The number of methoxy groups -OCH3 is 4. The zero-order chi connectivity index (χ0) is 44.3. The summed E-state index contributed by atoms with van der Waals surface area (Å²) in [6.07, 6.45) is 5.07. The Labute approximate surface area is 364 Å². The minimum absolute atomic E-state index is 0.0463. The number of hydrogen-bond donors (Lipinski definition) is 1. The first kappa shape index (κ1) is 45.8. The van der Waals surface area contributed by atoms with Crippen molar-refractivity contribution in [2.45, 2.75) is 75.6 Å². The Morgan fingerprint density at radius 1 is 0.645 bits per heavy atom. The third kappa shape index (κ3) is 11.8. The Balaban J connectivity index is 0.000000211. The average molecular weight is 887 g/mol. The van der Waals surface area contributed by atoms with Crippen molar-refractivity contribution < 1.29 is 40.5 Å². The second-order valence-corrected chi connectivity index (χ2v) is 18.5. The minimum atomic E-state index is -3.87. The van der Waals surface area contributed by atoms with Crippen LogP contribution in [0.25, 0.3) is 0 Å². The van der Waals surface area contributed by atoms with Crippen molar-refractivity contribution in [3.63, 3.8) is 0 Å². The summed E-state index contributed by atoms with van der Waals surface area (Å²) in [6.45, 7) is 5.74. The van der Waals surface area contributed by atoms with Crippen LogP contribution in [0.3, 0.4) is 0 Å². The number of nitrogens with zero attached hydrogens (tertiary/aromatic N) is 5. The van der Waals surface area contributed by atoms with Crippen molar-refractivity contribution in [3.05, 3.63) is 143 Å². The van der Waals surface area contributed by atoms with E-state index in [0.29, 0.717) is 18.2 Å². The third-order valence-corrected chi connectivity index (χ3v) is 13.7. The second kappa shape index (κ2) is 20.9. The molecule has 0 aliphatic carbocycles. The zero-order valence-electron chi connectivity index (χ0n) is 35.9. The van der Waals surface area contributed by atoms with Crippen LogP contribution in [-0.4, -0.2) is 86.1 Å². The van der Waals surface area contributed by atoms with Gasteiger partial charge in [0.15, 0.2) is 10.1 Å². The predicted octanol–water partition coefficient (Wildman–Crippen LogP) is 6.91. The maximum absolute atomic E-state index is 13.8. The van der Waals surface area contributed by atoms with Gasteiger partial charge in [0.1, 0.15) is 34.6 Å². The monoisotopic (exact) mass is 886 g/mol.